The molecule has 0 bridgehead atoms. The van der Waals surface area contributed by atoms with Crippen molar-refractivity contribution >= 4 is 21.9 Å². The summed E-state index contributed by atoms with van der Waals surface area (Å²) in [6.45, 7) is 2.03. The minimum atomic E-state index is -0.289. The number of pyridine rings is 1. The normalized spacial score (nSPS) is 11.3. The molecule has 0 saturated carbocycles. The van der Waals surface area contributed by atoms with Gasteiger partial charge in [-0.15, -0.1) is 0 Å². The van der Waals surface area contributed by atoms with Crippen molar-refractivity contribution in [1.82, 2.24) is 4.98 Å². The number of hydrogen-bond donors (Lipinski definition) is 0. The molecule has 0 radical (unpaired) electrons. The van der Waals surface area contributed by atoms with Gasteiger partial charge in [0.05, 0.1) is 11.3 Å². The SMILES string of the molecule is Cc1ccnc(-c2cccc3c2oc2c(-c4ccccc4)c(F)ccc23)c1. The van der Waals surface area contributed by atoms with Crippen molar-refractivity contribution in [2.45, 2.75) is 6.92 Å². The predicted molar refractivity (Wildman–Crippen MR) is 107 cm³/mol. The molecule has 0 fully saturated rings. The van der Waals surface area contributed by atoms with E-state index in [4.69, 9.17) is 4.42 Å². The number of nitrogens with zero attached hydrogens (tertiary/aromatic N) is 1. The number of fused-ring (bicyclic) bond motifs is 3. The summed E-state index contributed by atoms with van der Waals surface area (Å²) in [6, 6.07) is 22.8. The Morgan fingerprint density at radius 2 is 1.63 bits per heavy atom. The van der Waals surface area contributed by atoms with E-state index in [1.807, 2.05) is 67.6 Å². The average molecular weight is 353 g/mol. The Morgan fingerprint density at radius 3 is 2.44 bits per heavy atom. The lowest BCUT2D eigenvalue weighted by molar-refractivity contribution is 0.622. The highest BCUT2D eigenvalue weighted by Gasteiger charge is 2.18. The van der Waals surface area contributed by atoms with Crippen molar-refractivity contribution in [2.24, 2.45) is 0 Å². The number of hydrogen-bond acceptors (Lipinski definition) is 2. The molecule has 2 aromatic heterocycles. The Morgan fingerprint density at radius 1 is 0.815 bits per heavy atom. The summed E-state index contributed by atoms with van der Waals surface area (Å²) in [5, 5.41) is 1.86. The highest BCUT2D eigenvalue weighted by atomic mass is 19.1. The number of aryl methyl sites for hydroxylation is 1. The maximum Gasteiger partial charge on any atom is 0.146 e. The Kier molecular flexibility index (Phi) is 3.54. The topological polar surface area (TPSA) is 26.0 Å². The van der Waals surface area contributed by atoms with Gasteiger partial charge in [-0.25, -0.2) is 4.39 Å². The Balaban J connectivity index is 1.87. The van der Waals surface area contributed by atoms with Crippen LogP contribution in [-0.2, 0) is 0 Å². The van der Waals surface area contributed by atoms with E-state index in [2.05, 4.69) is 4.98 Å². The molecule has 0 aliphatic heterocycles. The fourth-order valence-electron chi connectivity index (χ4n) is 3.60. The van der Waals surface area contributed by atoms with E-state index in [1.54, 1.807) is 12.3 Å². The molecule has 2 nitrogen and oxygen atoms in total. The molecular weight excluding hydrogens is 337 g/mol. The molecule has 3 heteroatoms. The van der Waals surface area contributed by atoms with Crippen LogP contribution in [0.3, 0.4) is 0 Å². The molecule has 0 atom stereocenters. The van der Waals surface area contributed by atoms with Crippen molar-refractivity contribution in [2.75, 3.05) is 0 Å². The van der Waals surface area contributed by atoms with E-state index in [-0.39, 0.29) is 5.82 Å². The summed E-state index contributed by atoms with van der Waals surface area (Å²) in [4.78, 5) is 4.49. The van der Waals surface area contributed by atoms with Crippen molar-refractivity contribution < 1.29 is 8.81 Å². The largest absolute Gasteiger partial charge is 0.455 e. The third-order valence-electron chi connectivity index (χ3n) is 4.87. The van der Waals surface area contributed by atoms with Crippen LogP contribution in [0.25, 0.3) is 44.3 Å². The molecule has 0 unspecified atom stereocenters. The lowest BCUT2D eigenvalue weighted by Crippen LogP contribution is -1.84. The monoisotopic (exact) mass is 353 g/mol. The van der Waals surface area contributed by atoms with Crippen LogP contribution in [0, 0.1) is 12.7 Å². The van der Waals surface area contributed by atoms with Crippen molar-refractivity contribution in [3.63, 3.8) is 0 Å². The average Bonchev–Trinajstić information content (AvgIpc) is 3.07. The van der Waals surface area contributed by atoms with Gasteiger partial charge in [-0.05, 0) is 48.4 Å². The number of aromatic nitrogens is 1. The van der Waals surface area contributed by atoms with Crippen molar-refractivity contribution in [3.05, 3.63) is 90.4 Å². The molecule has 27 heavy (non-hydrogen) atoms. The van der Waals surface area contributed by atoms with E-state index >= 15 is 0 Å². The van der Waals surface area contributed by atoms with Gasteiger partial charge in [0, 0.05) is 22.5 Å². The maximum atomic E-state index is 14.7. The second-order valence-corrected chi connectivity index (χ2v) is 6.67. The van der Waals surface area contributed by atoms with Gasteiger partial charge in [-0.2, -0.15) is 0 Å². The third kappa shape index (κ3) is 2.51. The summed E-state index contributed by atoms with van der Waals surface area (Å²) in [5.41, 5.74) is 5.48. The molecular formula is C24H16FNO. The summed E-state index contributed by atoms with van der Waals surface area (Å²) in [6.07, 6.45) is 1.79. The van der Waals surface area contributed by atoms with Crippen LogP contribution in [0.5, 0.6) is 0 Å². The zero-order chi connectivity index (χ0) is 18.4. The minimum Gasteiger partial charge on any atom is -0.455 e. The van der Waals surface area contributed by atoms with Gasteiger partial charge in [-0.3, -0.25) is 4.98 Å². The quantitative estimate of drug-likeness (QED) is 0.350. The van der Waals surface area contributed by atoms with E-state index in [9.17, 15) is 4.39 Å². The fourth-order valence-corrected chi connectivity index (χ4v) is 3.60. The van der Waals surface area contributed by atoms with Gasteiger partial charge in [0.25, 0.3) is 0 Å². The Labute approximate surface area is 155 Å². The molecule has 5 aromatic rings. The van der Waals surface area contributed by atoms with Crippen molar-refractivity contribution in [3.8, 4) is 22.4 Å². The molecule has 130 valence electrons. The molecule has 0 saturated heterocycles. The first-order chi connectivity index (χ1) is 13.2. The molecule has 5 rings (SSSR count). The number of halogens is 1. The van der Waals surface area contributed by atoms with E-state index < -0.39 is 0 Å². The first kappa shape index (κ1) is 15.8. The van der Waals surface area contributed by atoms with Gasteiger partial charge in [0.1, 0.15) is 17.0 Å². The first-order valence-electron chi connectivity index (χ1n) is 8.84. The van der Waals surface area contributed by atoms with Gasteiger partial charge in [-0.1, -0.05) is 42.5 Å². The van der Waals surface area contributed by atoms with Gasteiger partial charge in [0.15, 0.2) is 0 Å². The van der Waals surface area contributed by atoms with Crippen LogP contribution in [0.4, 0.5) is 4.39 Å². The van der Waals surface area contributed by atoms with Crippen LogP contribution in [0.2, 0.25) is 0 Å². The second-order valence-electron chi connectivity index (χ2n) is 6.67. The van der Waals surface area contributed by atoms with E-state index in [0.29, 0.717) is 11.1 Å². The molecule has 0 aliphatic carbocycles. The minimum absolute atomic E-state index is 0.289. The first-order valence-corrected chi connectivity index (χ1v) is 8.84. The number of benzene rings is 3. The van der Waals surface area contributed by atoms with Crippen LogP contribution >= 0.6 is 0 Å². The van der Waals surface area contributed by atoms with Gasteiger partial charge >= 0.3 is 0 Å². The predicted octanol–water partition coefficient (Wildman–Crippen LogP) is 6.76. The van der Waals surface area contributed by atoms with E-state index in [0.717, 1.165) is 38.7 Å². The number of furan rings is 1. The molecule has 0 amide bonds. The molecule has 2 heterocycles. The summed E-state index contributed by atoms with van der Waals surface area (Å²) >= 11 is 0. The van der Waals surface area contributed by atoms with Crippen molar-refractivity contribution in [1.29, 1.82) is 0 Å². The van der Waals surface area contributed by atoms with Gasteiger partial charge in [0.2, 0.25) is 0 Å². The van der Waals surface area contributed by atoms with Crippen LogP contribution in [-0.4, -0.2) is 4.98 Å². The second kappa shape index (κ2) is 6.06. The zero-order valence-corrected chi connectivity index (χ0v) is 14.7. The lowest BCUT2D eigenvalue weighted by Gasteiger charge is -2.04. The Hall–Kier alpha value is -3.46. The summed E-state index contributed by atoms with van der Waals surface area (Å²) in [7, 11) is 0. The molecule has 0 N–H and O–H groups in total. The Bertz CT molecular complexity index is 1290. The van der Waals surface area contributed by atoms with Crippen LogP contribution in [0.1, 0.15) is 5.56 Å². The van der Waals surface area contributed by atoms with Crippen LogP contribution < -0.4 is 0 Å². The molecule has 0 spiro atoms. The number of para-hydroxylation sites is 1. The van der Waals surface area contributed by atoms with Crippen LogP contribution in [0.15, 0.2) is 83.4 Å². The molecule has 0 aliphatic rings. The summed E-state index contributed by atoms with van der Waals surface area (Å²) in [5.74, 6) is -0.289. The smallest absolute Gasteiger partial charge is 0.146 e. The standard InChI is InChI=1S/C24H16FNO/c1-15-12-13-26-21(14-15)19-9-5-8-17-18-10-11-20(25)22(24(18)27-23(17)19)16-6-3-2-4-7-16/h2-14H,1H3. The summed E-state index contributed by atoms with van der Waals surface area (Å²) < 4.78 is 21.0. The highest BCUT2D eigenvalue weighted by molar-refractivity contribution is 6.12. The third-order valence-corrected chi connectivity index (χ3v) is 4.87. The molecule has 3 aromatic carbocycles. The number of rotatable bonds is 2. The zero-order valence-electron chi connectivity index (χ0n) is 14.7. The maximum absolute atomic E-state index is 14.7. The highest BCUT2D eigenvalue weighted by Crippen LogP contribution is 2.40. The lowest BCUT2D eigenvalue weighted by atomic mass is 10.0. The van der Waals surface area contributed by atoms with Gasteiger partial charge < -0.3 is 4.42 Å². The van der Waals surface area contributed by atoms with E-state index in [1.165, 1.54) is 6.07 Å². The fraction of sp³-hybridized carbons (Fsp3) is 0.0417.